The number of alkyl halides is 3. The molecule has 0 fully saturated rings. The Hall–Kier alpha value is -2.96. The molecule has 3 nitrogen and oxygen atoms in total. The highest BCUT2D eigenvalue weighted by Gasteiger charge is 2.51. The fourth-order valence-corrected chi connectivity index (χ4v) is 5.49. The Labute approximate surface area is 213 Å². The molecule has 2 aromatic carbocycles. The Morgan fingerprint density at radius 1 is 1.03 bits per heavy atom. The number of rotatable bonds is 4. The van der Waals surface area contributed by atoms with E-state index in [1.807, 2.05) is 48.5 Å². The topological polar surface area (TPSA) is 59.1 Å². The number of thiophene rings is 1. The first-order valence-corrected chi connectivity index (χ1v) is 15.8. The number of nitrogens with zero attached hydrogens (tertiary/aromatic N) is 1. The third-order valence-corrected chi connectivity index (χ3v) is 8.03. The fourth-order valence-electron chi connectivity index (χ4n) is 3.77. The van der Waals surface area contributed by atoms with E-state index in [-0.39, 0.29) is 5.56 Å². The number of fused-ring (bicyclic) bond motifs is 1. The van der Waals surface area contributed by atoms with Crippen molar-refractivity contribution in [3.8, 4) is 22.7 Å². The smallest absolute Gasteiger partial charge is 0.376 e. The van der Waals surface area contributed by atoms with Crippen molar-refractivity contribution in [2.24, 2.45) is 5.73 Å². The maximum atomic E-state index is 13.4. The van der Waals surface area contributed by atoms with Gasteiger partial charge in [0.1, 0.15) is 8.07 Å². The van der Waals surface area contributed by atoms with Gasteiger partial charge in [0.05, 0.1) is 11.7 Å². The van der Waals surface area contributed by atoms with E-state index in [0.717, 1.165) is 33.0 Å². The van der Waals surface area contributed by atoms with Crippen LogP contribution in [0.1, 0.15) is 34.5 Å². The summed E-state index contributed by atoms with van der Waals surface area (Å²) in [5.74, 6) is 3.32. The summed E-state index contributed by atoms with van der Waals surface area (Å²) in [4.78, 5) is 5.23. The average molecular weight is 525 g/mol. The van der Waals surface area contributed by atoms with Crippen LogP contribution in [0.4, 0.5) is 13.2 Å². The summed E-state index contributed by atoms with van der Waals surface area (Å²) in [6.07, 6.45) is -3.52. The van der Waals surface area contributed by atoms with Crippen LogP contribution in [0.3, 0.4) is 0 Å². The van der Waals surface area contributed by atoms with Crippen molar-refractivity contribution in [3.05, 3.63) is 88.4 Å². The molecule has 0 saturated heterocycles. The molecule has 0 aliphatic carbocycles. The van der Waals surface area contributed by atoms with E-state index in [0.29, 0.717) is 11.3 Å². The van der Waals surface area contributed by atoms with Crippen molar-refractivity contribution in [2.75, 3.05) is 0 Å². The van der Waals surface area contributed by atoms with Crippen molar-refractivity contribution >= 4 is 29.5 Å². The van der Waals surface area contributed by atoms with E-state index >= 15 is 0 Å². The molecule has 36 heavy (non-hydrogen) atoms. The van der Waals surface area contributed by atoms with Crippen LogP contribution in [0, 0.1) is 11.5 Å². The minimum Gasteiger partial charge on any atom is -0.376 e. The van der Waals surface area contributed by atoms with Gasteiger partial charge in [0.2, 0.25) is 0 Å². The van der Waals surface area contributed by atoms with Gasteiger partial charge >= 0.3 is 6.18 Å². The summed E-state index contributed by atoms with van der Waals surface area (Å²) in [6.45, 7) is 7.31. The van der Waals surface area contributed by atoms with Gasteiger partial charge in [-0.25, -0.2) is 0 Å². The molecule has 186 valence electrons. The first kappa shape index (κ1) is 26.1. The zero-order chi connectivity index (χ0) is 26.3. The highest BCUT2D eigenvalue weighted by atomic mass is 32.1. The number of hydrogen-bond acceptors (Lipinski definition) is 4. The predicted molar refractivity (Wildman–Crippen MR) is 143 cm³/mol. The van der Waals surface area contributed by atoms with Crippen LogP contribution in [-0.4, -0.2) is 24.3 Å². The molecule has 0 aliphatic heterocycles. The fraction of sp³-hybridized carbons (Fsp3) is 0.250. The van der Waals surface area contributed by atoms with Crippen LogP contribution in [0.25, 0.3) is 21.3 Å². The minimum absolute atomic E-state index is 0.264. The minimum atomic E-state index is -4.81. The maximum Gasteiger partial charge on any atom is 0.421 e. The molecule has 0 amide bonds. The zero-order valence-electron chi connectivity index (χ0n) is 20.4. The first-order valence-electron chi connectivity index (χ1n) is 11.4. The lowest BCUT2D eigenvalue weighted by molar-refractivity contribution is -0.258. The van der Waals surface area contributed by atoms with Crippen molar-refractivity contribution in [1.29, 1.82) is 0 Å². The van der Waals surface area contributed by atoms with Crippen LogP contribution >= 0.6 is 11.3 Å². The highest BCUT2D eigenvalue weighted by molar-refractivity contribution is 7.19. The SMILES string of the molecule is C[C@@](O)(c1ccnc(-c2cccc3cc([C@H](N)c4ccccc4C#C[Si](C)(C)C)sc23)c1)C(F)(F)F. The molecular formula is C28H27F3N2OSSi. The molecule has 0 bridgehead atoms. The Kier molecular flexibility index (Phi) is 6.88. The molecule has 3 N–H and O–H groups in total. The molecule has 0 saturated carbocycles. The van der Waals surface area contributed by atoms with Crippen LogP contribution < -0.4 is 5.73 Å². The van der Waals surface area contributed by atoms with Crippen LogP contribution in [0.5, 0.6) is 0 Å². The zero-order valence-corrected chi connectivity index (χ0v) is 22.3. The van der Waals surface area contributed by atoms with Crippen molar-refractivity contribution in [2.45, 2.75) is 44.4 Å². The van der Waals surface area contributed by atoms with E-state index in [9.17, 15) is 18.3 Å². The molecule has 4 rings (SSSR count). The molecule has 0 radical (unpaired) electrons. The molecule has 0 spiro atoms. The van der Waals surface area contributed by atoms with E-state index in [1.54, 1.807) is 0 Å². The summed E-state index contributed by atoms with van der Waals surface area (Å²) < 4.78 is 41.1. The lowest BCUT2D eigenvalue weighted by Crippen LogP contribution is -2.39. The Balaban J connectivity index is 1.78. The quantitative estimate of drug-likeness (QED) is 0.223. The Morgan fingerprint density at radius 3 is 2.44 bits per heavy atom. The van der Waals surface area contributed by atoms with E-state index in [4.69, 9.17) is 5.73 Å². The molecule has 8 heteroatoms. The van der Waals surface area contributed by atoms with Gasteiger partial charge in [-0.3, -0.25) is 4.98 Å². The van der Waals surface area contributed by atoms with Crippen molar-refractivity contribution in [1.82, 2.24) is 4.98 Å². The van der Waals surface area contributed by atoms with Gasteiger partial charge in [0.15, 0.2) is 5.60 Å². The standard InChI is InChI=1S/C28H27F3N2OSSi/c1-27(34,28(29,30)31)20-12-14-33-23(17-20)22-11-7-9-19-16-24(35-26(19)22)25(32)21-10-6-5-8-18(21)13-15-36(2,3)4/h5-12,14,16-17,25,34H,32H2,1-4H3/t25-,27-/m1/s1. The average Bonchev–Trinajstić information content (AvgIpc) is 3.26. The molecule has 0 aliphatic rings. The summed E-state index contributed by atoms with van der Waals surface area (Å²) in [5, 5.41) is 11.1. The summed E-state index contributed by atoms with van der Waals surface area (Å²) in [6, 6.07) is 17.5. The second-order valence-corrected chi connectivity index (χ2v) is 15.8. The molecule has 4 aromatic rings. The second kappa shape index (κ2) is 9.49. The summed E-state index contributed by atoms with van der Waals surface area (Å²) in [5.41, 5.74) is 9.73. The third kappa shape index (κ3) is 5.25. The lowest BCUT2D eigenvalue weighted by Gasteiger charge is -2.26. The summed E-state index contributed by atoms with van der Waals surface area (Å²) in [7, 11) is -1.57. The van der Waals surface area contributed by atoms with Crippen LogP contribution in [0.2, 0.25) is 19.6 Å². The van der Waals surface area contributed by atoms with Gasteiger partial charge < -0.3 is 10.8 Å². The van der Waals surface area contributed by atoms with Crippen molar-refractivity contribution < 1.29 is 18.3 Å². The van der Waals surface area contributed by atoms with E-state index in [2.05, 4.69) is 36.1 Å². The first-order chi connectivity index (χ1) is 16.8. The van der Waals surface area contributed by atoms with E-state index < -0.39 is 25.9 Å². The number of halogens is 3. The number of hydrogen-bond donors (Lipinski definition) is 2. The van der Waals surface area contributed by atoms with Gasteiger partial charge in [-0.15, -0.1) is 16.9 Å². The lowest BCUT2D eigenvalue weighted by atomic mass is 9.94. The molecule has 2 heterocycles. The van der Waals surface area contributed by atoms with Gasteiger partial charge in [0, 0.05) is 26.9 Å². The number of nitrogens with two attached hydrogens (primary N) is 1. The largest absolute Gasteiger partial charge is 0.421 e. The molecule has 0 unspecified atom stereocenters. The van der Waals surface area contributed by atoms with E-state index in [1.165, 1.54) is 29.7 Å². The summed E-state index contributed by atoms with van der Waals surface area (Å²) >= 11 is 1.48. The maximum absolute atomic E-state index is 13.4. The van der Waals surface area contributed by atoms with Crippen LogP contribution in [0.15, 0.2) is 66.9 Å². The number of aliphatic hydroxyl groups is 1. The van der Waals surface area contributed by atoms with Crippen molar-refractivity contribution in [3.63, 3.8) is 0 Å². The number of aromatic nitrogens is 1. The van der Waals surface area contributed by atoms with Crippen LogP contribution in [-0.2, 0) is 5.60 Å². The normalized spacial score (nSPS) is 14.7. The number of benzene rings is 2. The van der Waals surface area contributed by atoms with Gasteiger partial charge in [-0.05, 0) is 47.7 Å². The Morgan fingerprint density at radius 2 is 1.75 bits per heavy atom. The second-order valence-electron chi connectivity index (χ2n) is 9.94. The van der Waals surface area contributed by atoms with Gasteiger partial charge in [-0.2, -0.15) is 13.2 Å². The van der Waals surface area contributed by atoms with Gasteiger partial charge in [0.25, 0.3) is 0 Å². The Bertz CT molecular complexity index is 1480. The highest BCUT2D eigenvalue weighted by Crippen LogP contribution is 2.41. The molecule has 2 atom stereocenters. The van der Waals surface area contributed by atoms with Gasteiger partial charge in [-0.1, -0.05) is 62.0 Å². The third-order valence-electron chi connectivity index (χ3n) is 5.89. The number of pyridine rings is 1. The predicted octanol–water partition coefficient (Wildman–Crippen LogP) is 7.01. The molecular weight excluding hydrogens is 497 g/mol. The monoisotopic (exact) mass is 524 g/mol. The molecule has 2 aromatic heterocycles.